The predicted molar refractivity (Wildman–Crippen MR) is 106 cm³/mol. The van der Waals surface area contributed by atoms with E-state index in [4.69, 9.17) is 0 Å². The third-order valence-corrected chi connectivity index (χ3v) is 5.36. The van der Waals surface area contributed by atoms with E-state index in [0.717, 1.165) is 41.7 Å². The van der Waals surface area contributed by atoms with Gasteiger partial charge in [0.1, 0.15) is 5.82 Å². The number of aromatic nitrogens is 2. The first-order chi connectivity index (χ1) is 12.5. The van der Waals surface area contributed by atoms with Crippen LogP contribution in [-0.4, -0.2) is 15.5 Å². The van der Waals surface area contributed by atoms with Crippen molar-refractivity contribution in [1.82, 2.24) is 9.55 Å². The van der Waals surface area contributed by atoms with Gasteiger partial charge in [-0.1, -0.05) is 6.07 Å². The molecule has 0 spiro atoms. The normalized spacial score (nSPS) is 13.5. The number of fused-ring (bicyclic) bond motifs is 2. The number of halogens is 1. The number of hydrogen-bond acceptors (Lipinski definition) is 3. The van der Waals surface area contributed by atoms with Crippen molar-refractivity contribution in [3.63, 3.8) is 0 Å². The Morgan fingerprint density at radius 2 is 2.04 bits per heavy atom. The van der Waals surface area contributed by atoms with Gasteiger partial charge in [-0.25, -0.2) is 4.98 Å². The van der Waals surface area contributed by atoms with Crippen molar-refractivity contribution in [2.24, 2.45) is 0 Å². The third-order valence-electron chi connectivity index (χ3n) is 4.70. The molecule has 2 aromatic carbocycles. The van der Waals surface area contributed by atoms with Gasteiger partial charge >= 0.3 is 0 Å². The number of nitrogens with zero attached hydrogens (tertiary/aromatic N) is 2. The predicted octanol–water partition coefficient (Wildman–Crippen LogP) is 4.06. The van der Waals surface area contributed by atoms with Crippen LogP contribution in [0.25, 0.3) is 10.9 Å². The summed E-state index contributed by atoms with van der Waals surface area (Å²) < 4.78 is 2.59. The Kier molecular flexibility index (Phi) is 4.36. The van der Waals surface area contributed by atoms with Gasteiger partial charge in [0.15, 0.2) is 0 Å². The van der Waals surface area contributed by atoms with Gasteiger partial charge in [-0.15, -0.1) is 0 Å². The number of anilines is 1. The van der Waals surface area contributed by atoms with Crippen molar-refractivity contribution >= 4 is 38.4 Å². The Balaban J connectivity index is 1.70. The average Bonchev–Trinajstić information content (AvgIpc) is 2.64. The number of hydrogen-bond donors (Lipinski definition) is 1. The molecule has 1 amide bonds. The van der Waals surface area contributed by atoms with E-state index in [2.05, 4.69) is 26.2 Å². The summed E-state index contributed by atoms with van der Waals surface area (Å²) in [5, 5.41) is 3.46. The van der Waals surface area contributed by atoms with Crippen LogP contribution in [0, 0.1) is 6.92 Å². The van der Waals surface area contributed by atoms with E-state index in [1.807, 2.05) is 25.1 Å². The molecule has 4 rings (SSSR count). The number of rotatable bonds is 2. The average molecular weight is 412 g/mol. The zero-order valence-corrected chi connectivity index (χ0v) is 16.0. The summed E-state index contributed by atoms with van der Waals surface area (Å²) in [4.78, 5) is 29.9. The van der Waals surface area contributed by atoms with Crippen molar-refractivity contribution in [3.8, 4) is 0 Å². The molecule has 132 valence electrons. The van der Waals surface area contributed by atoms with E-state index in [9.17, 15) is 9.59 Å². The molecule has 0 bridgehead atoms. The maximum Gasteiger partial charge on any atom is 0.261 e. The first-order valence-corrected chi connectivity index (χ1v) is 9.43. The molecule has 0 fully saturated rings. The molecular formula is C20H18BrN3O2. The van der Waals surface area contributed by atoms with Gasteiger partial charge in [-0.3, -0.25) is 14.2 Å². The fraction of sp³-hybridized carbons (Fsp3) is 0.250. The molecule has 0 aliphatic carbocycles. The number of carbonyl (C=O) groups is 1. The van der Waals surface area contributed by atoms with Crippen LogP contribution in [0.4, 0.5) is 5.69 Å². The summed E-state index contributed by atoms with van der Waals surface area (Å²) in [5.41, 5.74) is 2.86. The van der Waals surface area contributed by atoms with E-state index in [-0.39, 0.29) is 11.5 Å². The molecule has 0 atom stereocenters. The zero-order valence-electron chi connectivity index (χ0n) is 14.4. The van der Waals surface area contributed by atoms with Crippen LogP contribution in [0.3, 0.4) is 0 Å². The summed E-state index contributed by atoms with van der Waals surface area (Å²) in [5.74, 6) is 0.587. The summed E-state index contributed by atoms with van der Waals surface area (Å²) in [6.45, 7) is 2.71. The highest BCUT2D eigenvalue weighted by Gasteiger charge is 2.16. The van der Waals surface area contributed by atoms with Crippen LogP contribution in [0.2, 0.25) is 0 Å². The number of amides is 1. The minimum atomic E-state index is -0.226. The lowest BCUT2D eigenvalue weighted by molar-refractivity contribution is 0.102. The molecule has 0 saturated carbocycles. The highest BCUT2D eigenvalue weighted by molar-refractivity contribution is 9.10. The van der Waals surface area contributed by atoms with Crippen molar-refractivity contribution < 1.29 is 4.79 Å². The molecule has 1 N–H and O–H groups in total. The Hall–Kier alpha value is -2.47. The van der Waals surface area contributed by atoms with Gasteiger partial charge in [-0.05, 0) is 71.6 Å². The van der Waals surface area contributed by atoms with Crippen LogP contribution >= 0.6 is 15.9 Å². The lowest BCUT2D eigenvalue weighted by atomic mass is 10.1. The van der Waals surface area contributed by atoms with E-state index in [1.165, 1.54) is 0 Å². The fourth-order valence-electron chi connectivity index (χ4n) is 3.30. The molecule has 1 aliphatic heterocycles. The van der Waals surface area contributed by atoms with Crippen molar-refractivity contribution in [2.75, 3.05) is 5.32 Å². The zero-order chi connectivity index (χ0) is 18.3. The second-order valence-electron chi connectivity index (χ2n) is 6.61. The minimum absolute atomic E-state index is 0.0158. The molecule has 2 heterocycles. The molecule has 1 aliphatic rings. The van der Waals surface area contributed by atoms with Crippen LogP contribution in [-0.2, 0) is 13.0 Å². The maximum absolute atomic E-state index is 12.6. The Labute approximate surface area is 159 Å². The standard InChI is InChI=1S/C20H18BrN3O2/c1-12-5-8-16(15(21)10-12)23-19(25)13-6-7-14-17(11-13)22-18-4-2-3-9-24(18)20(14)26/h5-8,10-11H,2-4,9H2,1H3,(H,23,25). The fourth-order valence-corrected chi connectivity index (χ4v) is 3.89. The summed E-state index contributed by atoms with van der Waals surface area (Å²) in [6, 6.07) is 10.8. The first-order valence-electron chi connectivity index (χ1n) is 8.64. The number of nitrogens with one attached hydrogen (secondary N) is 1. The minimum Gasteiger partial charge on any atom is -0.321 e. The van der Waals surface area contributed by atoms with Crippen molar-refractivity contribution in [3.05, 3.63) is 68.2 Å². The van der Waals surface area contributed by atoms with E-state index >= 15 is 0 Å². The molecule has 3 aromatic rings. The topological polar surface area (TPSA) is 64.0 Å². The molecule has 0 saturated heterocycles. The summed E-state index contributed by atoms with van der Waals surface area (Å²) >= 11 is 3.47. The number of benzene rings is 2. The van der Waals surface area contributed by atoms with Gasteiger partial charge in [-0.2, -0.15) is 0 Å². The van der Waals surface area contributed by atoms with Crippen molar-refractivity contribution in [1.29, 1.82) is 0 Å². The Morgan fingerprint density at radius 3 is 2.85 bits per heavy atom. The van der Waals surface area contributed by atoms with Gasteiger partial charge in [0.05, 0.1) is 16.6 Å². The molecule has 5 nitrogen and oxygen atoms in total. The second-order valence-corrected chi connectivity index (χ2v) is 7.47. The molecule has 6 heteroatoms. The van der Waals surface area contributed by atoms with Gasteiger partial charge in [0, 0.05) is 23.0 Å². The first kappa shape index (κ1) is 17.0. The van der Waals surface area contributed by atoms with Crippen molar-refractivity contribution in [2.45, 2.75) is 32.7 Å². The summed E-state index contributed by atoms with van der Waals surface area (Å²) in [6.07, 6.45) is 2.85. The monoisotopic (exact) mass is 411 g/mol. The molecular weight excluding hydrogens is 394 g/mol. The molecule has 1 aromatic heterocycles. The van der Waals surface area contributed by atoms with Gasteiger partial charge in [0.2, 0.25) is 0 Å². The highest BCUT2D eigenvalue weighted by Crippen LogP contribution is 2.24. The van der Waals surface area contributed by atoms with Crippen LogP contribution in [0.15, 0.2) is 45.7 Å². The molecule has 0 unspecified atom stereocenters. The van der Waals surface area contributed by atoms with Gasteiger partial charge in [0.25, 0.3) is 11.5 Å². The maximum atomic E-state index is 12.6. The molecule has 26 heavy (non-hydrogen) atoms. The number of aryl methyl sites for hydroxylation is 2. The highest BCUT2D eigenvalue weighted by atomic mass is 79.9. The lowest BCUT2D eigenvalue weighted by Gasteiger charge is -2.18. The van der Waals surface area contributed by atoms with Gasteiger partial charge < -0.3 is 5.32 Å². The summed E-state index contributed by atoms with van der Waals surface area (Å²) in [7, 11) is 0. The third kappa shape index (κ3) is 3.05. The Bertz CT molecular complexity index is 1090. The molecule has 0 radical (unpaired) electrons. The van der Waals surface area contributed by atoms with Crippen LogP contribution < -0.4 is 10.9 Å². The van der Waals surface area contributed by atoms with Crippen LogP contribution in [0.1, 0.15) is 34.6 Å². The lowest BCUT2D eigenvalue weighted by Crippen LogP contribution is -2.28. The Morgan fingerprint density at radius 1 is 1.19 bits per heavy atom. The van der Waals surface area contributed by atoms with Crippen LogP contribution in [0.5, 0.6) is 0 Å². The van der Waals surface area contributed by atoms with E-state index in [1.54, 1.807) is 22.8 Å². The SMILES string of the molecule is Cc1ccc(NC(=O)c2ccc3c(=O)n4c(nc3c2)CCCC4)c(Br)c1. The number of carbonyl (C=O) groups excluding carboxylic acids is 1. The second kappa shape index (κ2) is 6.68. The van der Waals surface area contributed by atoms with E-state index < -0.39 is 0 Å². The van der Waals surface area contributed by atoms with E-state index in [0.29, 0.717) is 22.2 Å². The smallest absolute Gasteiger partial charge is 0.261 e. The quantitative estimate of drug-likeness (QED) is 0.691. The largest absolute Gasteiger partial charge is 0.321 e.